The largest absolute Gasteiger partial charge is 0.351 e. The molecule has 7 nitrogen and oxygen atoms in total. The monoisotopic (exact) mass is 470 g/mol. The Kier molecular flexibility index (Phi) is 7.26. The molecule has 0 saturated carbocycles. The fraction of sp³-hybridized carbons (Fsp3) is 0.391. The number of amidine groups is 1. The average Bonchev–Trinajstić information content (AvgIpc) is 3.37. The van der Waals surface area contributed by atoms with Gasteiger partial charge in [-0.05, 0) is 61.4 Å². The molecular formula is C23H26N4O3S2. The third kappa shape index (κ3) is 5.58. The van der Waals surface area contributed by atoms with Gasteiger partial charge in [-0.1, -0.05) is 17.8 Å². The van der Waals surface area contributed by atoms with Crippen molar-refractivity contribution in [2.45, 2.75) is 44.4 Å². The van der Waals surface area contributed by atoms with E-state index in [4.69, 9.17) is 0 Å². The minimum Gasteiger partial charge on any atom is -0.351 e. The highest BCUT2D eigenvalue weighted by atomic mass is 32.2. The summed E-state index contributed by atoms with van der Waals surface area (Å²) in [5.74, 6) is -0.713. The number of piperidine rings is 1. The summed E-state index contributed by atoms with van der Waals surface area (Å²) < 4.78 is 0. The number of carbonyl (C=O) groups is 3. The fourth-order valence-corrected chi connectivity index (χ4v) is 5.66. The van der Waals surface area contributed by atoms with E-state index < -0.39 is 5.25 Å². The summed E-state index contributed by atoms with van der Waals surface area (Å²) in [6.45, 7) is 4.32. The SMILES string of the molecule is Cc1ccsc1CNC(=O)c1cccc(NC(=O)CC2SC(N3CCCCC3)=NC2=O)c1. The van der Waals surface area contributed by atoms with Gasteiger partial charge in [0.25, 0.3) is 11.8 Å². The summed E-state index contributed by atoms with van der Waals surface area (Å²) in [5.41, 5.74) is 2.16. The number of anilines is 1. The number of thiophene rings is 1. The van der Waals surface area contributed by atoms with Crippen LogP contribution in [0.3, 0.4) is 0 Å². The predicted octanol–water partition coefficient (Wildman–Crippen LogP) is 3.80. The lowest BCUT2D eigenvalue weighted by molar-refractivity contribution is -0.121. The Morgan fingerprint density at radius 1 is 1.19 bits per heavy atom. The molecule has 2 aliphatic heterocycles. The molecule has 1 aromatic carbocycles. The number of aliphatic imine (C=N–C) groups is 1. The lowest BCUT2D eigenvalue weighted by Gasteiger charge is -2.27. The van der Waals surface area contributed by atoms with Crippen LogP contribution >= 0.6 is 23.1 Å². The second-order valence-corrected chi connectivity index (χ2v) is 10.1. The van der Waals surface area contributed by atoms with Gasteiger partial charge in [0.2, 0.25) is 5.91 Å². The standard InChI is InChI=1S/C23H26N4O3S2/c1-15-8-11-31-19(15)14-24-21(29)16-6-5-7-17(12-16)25-20(28)13-18-22(30)26-23(32-18)27-9-3-2-4-10-27/h5-8,11-12,18H,2-4,9-10,13-14H2,1H3,(H,24,29)(H,25,28). The van der Waals surface area contributed by atoms with Crippen molar-refractivity contribution in [2.75, 3.05) is 18.4 Å². The Morgan fingerprint density at radius 3 is 2.75 bits per heavy atom. The van der Waals surface area contributed by atoms with E-state index >= 15 is 0 Å². The first-order valence-corrected chi connectivity index (χ1v) is 12.5. The van der Waals surface area contributed by atoms with Gasteiger partial charge in [-0.15, -0.1) is 11.3 Å². The third-order valence-corrected chi connectivity index (χ3v) is 7.75. The van der Waals surface area contributed by atoms with Crippen LogP contribution in [0.1, 0.15) is 46.5 Å². The van der Waals surface area contributed by atoms with E-state index in [-0.39, 0.29) is 24.1 Å². The molecule has 32 heavy (non-hydrogen) atoms. The summed E-state index contributed by atoms with van der Waals surface area (Å²) in [6.07, 6.45) is 3.48. The molecule has 0 aliphatic carbocycles. The Bertz CT molecular complexity index is 1040. The first kappa shape index (κ1) is 22.5. The van der Waals surface area contributed by atoms with Crippen molar-refractivity contribution in [3.8, 4) is 0 Å². The molecule has 168 valence electrons. The maximum absolute atomic E-state index is 12.6. The number of benzene rings is 1. The zero-order valence-corrected chi connectivity index (χ0v) is 19.6. The van der Waals surface area contributed by atoms with Crippen molar-refractivity contribution in [3.05, 3.63) is 51.7 Å². The molecule has 0 radical (unpaired) electrons. The van der Waals surface area contributed by atoms with Crippen molar-refractivity contribution in [1.82, 2.24) is 10.2 Å². The van der Waals surface area contributed by atoms with Crippen LogP contribution in [-0.2, 0) is 16.1 Å². The van der Waals surface area contributed by atoms with E-state index in [1.807, 2.05) is 18.4 Å². The van der Waals surface area contributed by atoms with E-state index in [2.05, 4.69) is 20.5 Å². The average molecular weight is 471 g/mol. The fourth-order valence-electron chi connectivity index (χ4n) is 3.70. The lowest BCUT2D eigenvalue weighted by atomic mass is 10.1. The zero-order chi connectivity index (χ0) is 22.5. The number of amides is 3. The van der Waals surface area contributed by atoms with Crippen LogP contribution in [-0.4, -0.2) is 46.1 Å². The van der Waals surface area contributed by atoms with E-state index in [1.54, 1.807) is 35.6 Å². The second-order valence-electron chi connectivity index (χ2n) is 7.93. The van der Waals surface area contributed by atoms with Crippen LogP contribution in [0.25, 0.3) is 0 Å². The highest BCUT2D eigenvalue weighted by Crippen LogP contribution is 2.29. The van der Waals surface area contributed by atoms with Crippen molar-refractivity contribution < 1.29 is 14.4 Å². The number of aryl methyl sites for hydroxylation is 1. The molecule has 4 rings (SSSR count). The number of nitrogens with one attached hydrogen (secondary N) is 2. The van der Waals surface area contributed by atoms with Gasteiger partial charge in [-0.25, -0.2) is 0 Å². The van der Waals surface area contributed by atoms with Crippen molar-refractivity contribution in [1.29, 1.82) is 0 Å². The van der Waals surface area contributed by atoms with Crippen LogP contribution in [0, 0.1) is 6.92 Å². The van der Waals surface area contributed by atoms with Crippen LogP contribution in [0.15, 0.2) is 40.7 Å². The molecule has 0 bridgehead atoms. The molecule has 1 atom stereocenters. The van der Waals surface area contributed by atoms with Gasteiger partial charge in [0.1, 0.15) is 5.25 Å². The Hall–Kier alpha value is -2.65. The van der Waals surface area contributed by atoms with E-state index in [9.17, 15) is 14.4 Å². The van der Waals surface area contributed by atoms with Crippen molar-refractivity contribution in [3.63, 3.8) is 0 Å². The summed E-state index contributed by atoms with van der Waals surface area (Å²) in [6, 6.07) is 8.84. The molecule has 1 fully saturated rings. The highest BCUT2D eigenvalue weighted by Gasteiger charge is 2.33. The predicted molar refractivity (Wildman–Crippen MR) is 129 cm³/mol. The third-order valence-electron chi connectivity index (χ3n) is 5.51. The summed E-state index contributed by atoms with van der Waals surface area (Å²) >= 11 is 2.99. The van der Waals surface area contributed by atoms with Gasteiger partial charge in [-0.2, -0.15) is 4.99 Å². The van der Waals surface area contributed by atoms with Crippen molar-refractivity contribution in [2.24, 2.45) is 4.99 Å². The van der Waals surface area contributed by atoms with Crippen LogP contribution in [0.2, 0.25) is 0 Å². The minimum absolute atomic E-state index is 0.0540. The second kappa shape index (κ2) is 10.3. The molecule has 2 N–H and O–H groups in total. The molecule has 3 amide bonds. The van der Waals surface area contributed by atoms with Crippen LogP contribution in [0.4, 0.5) is 5.69 Å². The lowest BCUT2D eigenvalue weighted by Crippen LogP contribution is -2.33. The zero-order valence-electron chi connectivity index (χ0n) is 17.9. The summed E-state index contributed by atoms with van der Waals surface area (Å²) in [5, 5.41) is 7.98. The number of carbonyl (C=O) groups excluding carboxylic acids is 3. The number of nitrogens with zero attached hydrogens (tertiary/aromatic N) is 2. The number of thioether (sulfide) groups is 1. The molecule has 2 aromatic rings. The number of hydrogen-bond acceptors (Lipinski definition) is 6. The quantitative estimate of drug-likeness (QED) is 0.670. The van der Waals surface area contributed by atoms with E-state index in [0.717, 1.165) is 41.5 Å². The Balaban J connectivity index is 1.29. The Labute approximate surface area is 195 Å². The van der Waals surface area contributed by atoms with Crippen LogP contribution < -0.4 is 10.6 Å². The molecular weight excluding hydrogens is 444 g/mol. The molecule has 1 saturated heterocycles. The van der Waals surface area contributed by atoms with Gasteiger partial charge < -0.3 is 15.5 Å². The molecule has 1 aromatic heterocycles. The molecule has 0 spiro atoms. The molecule has 1 unspecified atom stereocenters. The minimum atomic E-state index is -0.493. The molecule has 2 aliphatic rings. The normalized spacial score (nSPS) is 18.4. The number of likely N-dealkylation sites (tertiary alicyclic amines) is 1. The topological polar surface area (TPSA) is 90.9 Å². The first-order valence-electron chi connectivity index (χ1n) is 10.7. The van der Waals surface area contributed by atoms with E-state index in [0.29, 0.717) is 17.8 Å². The molecule has 9 heteroatoms. The Morgan fingerprint density at radius 2 is 2.00 bits per heavy atom. The van der Waals surface area contributed by atoms with E-state index in [1.165, 1.54) is 18.2 Å². The molecule has 3 heterocycles. The van der Waals surface area contributed by atoms with Gasteiger partial charge in [-0.3, -0.25) is 14.4 Å². The maximum atomic E-state index is 12.6. The van der Waals surface area contributed by atoms with Crippen molar-refractivity contribution >= 4 is 51.7 Å². The van der Waals surface area contributed by atoms with Gasteiger partial charge in [0.05, 0.1) is 6.54 Å². The highest BCUT2D eigenvalue weighted by molar-refractivity contribution is 8.15. The number of hydrogen-bond donors (Lipinski definition) is 2. The number of rotatable bonds is 6. The summed E-state index contributed by atoms with van der Waals surface area (Å²) in [4.78, 5) is 44.8. The van der Waals surface area contributed by atoms with Crippen LogP contribution in [0.5, 0.6) is 0 Å². The van der Waals surface area contributed by atoms with Gasteiger partial charge in [0.15, 0.2) is 5.17 Å². The maximum Gasteiger partial charge on any atom is 0.262 e. The van der Waals surface area contributed by atoms with Gasteiger partial charge in [0, 0.05) is 35.6 Å². The van der Waals surface area contributed by atoms with Gasteiger partial charge >= 0.3 is 0 Å². The first-order chi connectivity index (χ1) is 15.5. The smallest absolute Gasteiger partial charge is 0.262 e. The summed E-state index contributed by atoms with van der Waals surface area (Å²) in [7, 11) is 0.